The van der Waals surface area contributed by atoms with Crippen molar-refractivity contribution in [2.45, 2.75) is 40.3 Å². The van der Waals surface area contributed by atoms with Gasteiger partial charge in [-0.05, 0) is 98.0 Å². The number of benzene rings is 4. The number of nitrogens with zero attached hydrogens (tertiary/aromatic N) is 1. The Morgan fingerprint density at radius 3 is 2.29 bits per heavy atom. The molecule has 4 aromatic carbocycles. The van der Waals surface area contributed by atoms with E-state index in [-0.39, 0.29) is 17.9 Å². The molecule has 0 radical (unpaired) electrons. The van der Waals surface area contributed by atoms with E-state index in [4.69, 9.17) is 4.74 Å². The molecule has 5 rings (SSSR count). The number of ether oxygens (including phenoxy) is 1. The summed E-state index contributed by atoms with van der Waals surface area (Å²) in [6.07, 6.45) is 0. The lowest BCUT2D eigenvalue weighted by Gasteiger charge is -2.15. The molecule has 41 heavy (non-hydrogen) atoms. The van der Waals surface area contributed by atoms with E-state index in [1.165, 1.54) is 5.56 Å². The van der Waals surface area contributed by atoms with Crippen LogP contribution in [0.5, 0.6) is 0 Å². The highest BCUT2D eigenvalue weighted by Crippen LogP contribution is 2.31. The van der Waals surface area contributed by atoms with Crippen LogP contribution in [0.25, 0.3) is 22.0 Å². The SMILES string of the molecule is CCOC(=O)c1ccc(-c2ccccc2Cn2c(C)c(C)c3cc(C(=O)N[C@@H](C)c4ccc(Br)cc4)ccc32)cc1. The van der Waals surface area contributed by atoms with Gasteiger partial charge in [-0.2, -0.15) is 0 Å². The molecule has 1 atom stereocenters. The number of nitrogens with one attached hydrogen (secondary N) is 1. The van der Waals surface area contributed by atoms with E-state index in [1.807, 2.05) is 79.7 Å². The Balaban J connectivity index is 1.41. The average Bonchev–Trinajstić information content (AvgIpc) is 3.22. The number of amides is 1. The van der Waals surface area contributed by atoms with Crippen LogP contribution in [0, 0.1) is 13.8 Å². The number of rotatable bonds is 8. The molecule has 6 heteroatoms. The van der Waals surface area contributed by atoms with Gasteiger partial charge in [0, 0.05) is 33.2 Å². The fraction of sp³-hybridized carbons (Fsp3) is 0.200. The van der Waals surface area contributed by atoms with Gasteiger partial charge in [0.25, 0.3) is 5.91 Å². The molecular formula is C35H33BrN2O3. The molecule has 1 amide bonds. The maximum atomic E-state index is 13.2. The van der Waals surface area contributed by atoms with Gasteiger partial charge >= 0.3 is 5.97 Å². The third-order valence-corrected chi connectivity index (χ3v) is 8.20. The van der Waals surface area contributed by atoms with Crippen molar-refractivity contribution in [2.75, 3.05) is 6.61 Å². The van der Waals surface area contributed by atoms with Gasteiger partial charge in [-0.25, -0.2) is 4.79 Å². The van der Waals surface area contributed by atoms with Crippen LogP contribution in [0.4, 0.5) is 0 Å². The highest BCUT2D eigenvalue weighted by molar-refractivity contribution is 9.10. The third kappa shape index (κ3) is 5.98. The van der Waals surface area contributed by atoms with Crippen LogP contribution in [0.15, 0.2) is 95.5 Å². The lowest BCUT2D eigenvalue weighted by atomic mass is 9.98. The molecule has 0 saturated heterocycles. The standard InChI is InChI=1S/C35H33BrN2O3/c1-5-41-35(40)27-12-10-26(11-13-27)31-9-7-6-8-29(31)21-38-24(4)22(2)32-20-28(16-19-33(32)38)34(39)37-23(3)25-14-17-30(36)18-15-25/h6-20,23H,5,21H2,1-4H3,(H,37,39)/t23-/m0/s1. The van der Waals surface area contributed by atoms with Crippen LogP contribution in [-0.4, -0.2) is 23.1 Å². The number of halogens is 1. The number of hydrogen-bond donors (Lipinski definition) is 1. The number of carbonyl (C=O) groups excluding carboxylic acids is 2. The van der Waals surface area contributed by atoms with Gasteiger partial charge in [-0.15, -0.1) is 0 Å². The molecule has 0 aliphatic carbocycles. The van der Waals surface area contributed by atoms with Crippen molar-refractivity contribution in [2.24, 2.45) is 0 Å². The van der Waals surface area contributed by atoms with Crippen LogP contribution in [-0.2, 0) is 11.3 Å². The Morgan fingerprint density at radius 2 is 1.59 bits per heavy atom. The van der Waals surface area contributed by atoms with E-state index >= 15 is 0 Å². The van der Waals surface area contributed by atoms with Crippen LogP contribution >= 0.6 is 15.9 Å². The van der Waals surface area contributed by atoms with Gasteiger partial charge in [0.05, 0.1) is 18.2 Å². The second kappa shape index (κ2) is 12.1. The molecule has 5 aromatic rings. The first-order valence-corrected chi connectivity index (χ1v) is 14.6. The van der Waals surface area contributed by atoms with E-state index in [9.17, 15) is 9.59 Å². The van der Waals surface area contributed by atoms with Crippen molar-refractivity contribution < 1.29 is 14.3 Å². The maximum absolute atomic E-state index is 13.2. The third-order valence-electron chi connectivity index (χ3n) is 7.67. The molecular weight excluding hydrogens is 576 g/mol. The zero-order valence-corrected chi connectivity index (χ0v) is 25.3. The second-order valence-corrected chi connectivity index (χ2v) is 11.1. The molecule has 0 unspecified atom stereocenters. The van der Waals surface area contributed by atoms with Crippen molar-refractivity contribution in [3.05, 3.63) is 129 Å². The van der Waals surface area contributed by atoms with Gasteiger partial charge in [0.2, 0.25) is 0 Å². The summed E-state index contributed by atoms with van der Waals surface area (Å²) in [7, 11) is 0. The monoisotopic (exact) mass is 608 g/mol. The highest BCUT2D eigenvalue weighted by atomic mass is 79.9. The zero-order chi connectivity index (χ0) is 29.1. The van der Waals surface area contributed by atoms with E-state index in [0.29, 0.717) is 24.3 Å². The molecule has 1 N–H and O–H groups in total. The molecule has 208 valence electrons. The van der Waals surface area contributed by atoms with Crippen LogP contribution in [0.3, 0.4) is 0 Å². The second-order valence-electron chi connectivity index (χ2n) is 10.2. The summed E-state index contributed by atoms with van der Waals surface area (Å²) in [5, 5.41) is 4.20. The Hall–Kier alpha value is -4.16. The smallest absolute Gasteiger partial charge is 0.338 e. The summed E-state index contributed by atoms with van der Waals surface area (Å²) in [6, 6.07) is 29.7. The summed E-state index contributed by atoms with van der Waals surface area (Å²) in [6.45, 7) is 9.07. The number of aryl methyl sites for hydroxylation is 1. The first kappa shape index (κ1) is 28.4. The van der Waals surface area contributed by atoms with Gasteiger partial charge in [0.1, 0.15) is 0 Å². The van der Waals surface area contributed by atoms with E-state index in [2.05, 4.69) is 57.9 Å². The molecule has 0 spiro atoms. The Labute approximate surface area is 249 Å². The van der Waals surface area contributed by atoms with Crippen molar-refractivity contribution in [3.63, 3.8) is 0 Å². The van der Waals surface area contributed by atoms with Crippen molar-refractivity contribution in [1.82, 2.24) is 9.88 Å². The first-order valence-electron chi connectivity index (χ1n) is 13.8. The highest BCUT2D eigenvalue weighted by Gasteiger charge is 2.17. The zero-order valence-electron chi connectivity index (χ0n) is 23.7. The quantitative estimate of drug-likeness (QED) is 0.180. The summed E-state index contributed by atoms with van der Waals surface area (Å²) < 4.78 is 8.45. The van der Waals surface area contributed by atoms with Gasteiger partial charge in [0.15, 0.2) is 0 Å². The fourth-order valence-corrected chi connectivity index (χ4v) is 5.48. The normalized spacial score (nSPS) is 11.8. The summed E-state index contributed by atoms with van der Waals surface area (Å²) in [5.41, 5.74) is 8.96. The fourth-order valence-electron chi connectivity index (χ4n) is 5.22. The summed E-state index contributed by atoms with van der Waals surface area (Å²) >= 11 is 3.46. The predicted octanol–water partition coefficient (Wildman–Crippen LogP) is 8.40. The minimum Gasteiger partial charge on any atom is -0.462 e. The van der Waals surface area contributed by atoms with Gasteiger partial charge < -0.3 is 14.6 Å². The molecule has 5 nitrogen and oxygen atoms in total. The largest absolute Gasteiger partial charge is 0.462 e. The molecule has 1 heterocycles. The minimum absolute atomic E-state index is 0.0938. The Bertz CT molecular complexity index is 1720. The molecule has 0 saturated carbocycles. The number of hydrogen-bond acceptors (Lipinski definition) is 3. The number of aromatic nitrogens is 1. The van der Waals surface area contributed by atoms with E-state index in [0.717, 1.165) is 43.3 Å². The number of carbonyl (C=O) groups is 2. The van der Waals surface area contributed by atoms with E-state index in [1.54, 1.807) is 6.92 Å². The molecule has 0 aliphatic heterocycles. The maximum Gasteiger partial charge on any atom is 0.338 e. The Morgan fingerprint density at radius 1 is 0.902 bits per heavy atom. The van der Waals surface area contributed by atoms with Crippen molar-refractivity contribution in [3.8, 4) is 11.1 Å². The first-order chi connectivity index (χ1) is 19.8. The molecule has 0 aliphatic rings. The van der Waals surface area contributed by atoms with Crippen LogP contribution in [0.2, 0.25) is 0 Å². The summed E-state index contributed by atoms with van der Waals surface area (Å²) in [4.78, 5) is 25.3. The number of fused-ring (bicyclic) bond motifs is 1. The Kier molecular flexibility index (Phi) is 8.41. The molecule has 0 bridgehead atoms. The van der Waals surface area contributed by atoms with Crippen molar-refractivity contribution >= 4 is 38.7 Å². The molecule has 0 fully saturated rings. The molecule has 1 aromatic heterocycles. The van der Waals surface area contributed by atoms with E-state index < -0.39 is 0 Å². The lowest BCUT2D eigenvalue weighted by molar-refractivity contribution is 0.0526. The van der Waals surface area contributed by atoms with Crippen LogP contribution < -0.4 is 5.32 Å². The topological polar surface area (TPSA) is 60.3 Å². The van der Waals surface area contributed by atoms with Crippen LogP contribution in [0.1, 0.15) is 63.0 Å². The summed E-state index contributed by atoms with van der Waals surface area (Å²) in [5.74, 6) is -0.406. The predicted molar refractivity (Wildman–Crippen MR) is 168 cm³/mol. The van der Waals surface area contributed by atoms with Crippen molar-refractivity contribution in [1.29, 1.82) is 0 Å². The lowest BCUT2D eigenvalue weighted by Crippen LogP contribution is -2.26. The van der Waals surface area contributed by atoms with Gasteiger partial charge in [-0.3, -0.25) is 4.79 Å². The average molecular weight is 610 g/mol. The number of esters is 1. The van der Waals surface area contributed by atoms with Gasteiger partial charge in [-0.1, -0.05) is 64.5 Å². The minimum atomic E-state index is -0.312.